The number of carboxylic acid groups (broad SMARTS) is 1. The first-order valence-electron chi connectivity index (χ1n) is 8.75. The molecular weight excluding hydrogens is 348 g/mol. The molecule has 0 saturated heterocycles. The Morgan fingerprint density at radius 3 is 2.58 bits per heavy atom. The normalized spacial score (nSPS) is 26.2. The van der Waals surface area contributed by atoms with Crippen LogP contribution in [0.3, 0.4) is 0 Å². The van der Waals surface area contributed by atoms with Crippen molar-refractivity contribution in [2.45, 2.75) is 19.9 Å². The Bertz CT molecular complexity index is 874. The van der Waals surface area contributed by atoms with Gasteiger partial charge in [0.25, 0.3) is 0 Å². The Labute approximate surface area is 155 Å². The number of rotatable bonds is 5. The summed E-state index contributed by atoms with van der Waals surface area (Å²) in [5.41, 5.74) is 1.96. The Morgan fingerprint density at radius 2 is 1.88 bits per heavy atom. The van der Waals surface area contributed by atoms with E-state index in [1.165, 1.54) is 0 Å². The number of hydrogen-bond acceptors (Lipinski definition) is 4. The first kappa shape index (κ1) is 17.0. The number of allylic oxidation sites excluding steroid dienone is 2. The number of carbonyl (C=O) groups excluding carboxylic acids is 1. The number of hydrogen-bond donors (Lipinski definition) is 2. The number of amides is 1. The molecule has 1 amide bonds. The SMILES string of the molecule is Cc1nc(-c2ccccc2)sc1CNC(=O)C1C2C=CC(C2)C1C(=O)O. The van der Waals surface area contributed by atoms with E-state index in [1.54, 1.807) is 11.3 Å². The number of nitrogens with zero attached hydrogens (tertiary/aromatic N) is 1. The molecule has 4 atom stereocenters. The van der Waals surface area contributed by atoms with Gasteiger partial charge in [0.05, 0.1) is 24.1 Å². The van der Waals surface area contributed by atoms with E-state index in [4.69, 9.17) is 0 Å². The van der Waals surface area contributed by atoms with Crippen LogP contribution in [0.1, 0.15) is 17.0 Å². The lowest BCUT2D eigenvalue weighted by molar-refractivity contribution is -0.147. The lowest BCUT2D eigenvalue weighted by atomic mass is 9.82. The average Bonchev–Trinajstić information content (AvgIpc) is 3.34. The number of nitrogens with one attached hydrogen (secondary N) is 1. The first-order valence-corrected chi connectivity index (χ1v) is 9.57. The molecule has 1 fully saturated rings. The molecule has 6 heteroatoms. The number of aryl methyl sites for hydroxylation is 1. The van der Waals surface area contributed by atoms with Crippen molar-refractivity contribution in [3.63, 3.8) is 0 Å². The van der Waals surface area contributed by atoms with E-state index in [0.717, 1.165) is 27.6 Å². The molecule has 4 unspecified atom stereocenters. The van der Waals surface area contributed by atoms with Gasteiger partial charge in [0, 0.05) is 10.4 Å². The summed E-state index contributed by atoms with van der Waals surface area (Å²) in [6.45, 7) is 2.32. The van der Waals surface area contributed by atoms with Crippen molar-refractivity contribution in [3.05, 3.63) is 53.1 Å². The maximum absolute atomic E-state index is 12.7. The zero-order valence-electron chi connectivity index (χ0n) is 14.4. The van der Waals surface area contributed by atoms with E-state index in [0.29, 0.717) is 6.54 Å². The van der Waals surface area contributed by atoms with Crippen molar-refractivity contribution in [1.29, 1.82) is 0 Å². The van der Waals surface area contributed by atoms with Gasteiger partial charge >= 0.3 is 5.97 Å². The number of benzene rings is 1. The number of fused-ring (bicyclic) bond motifs is 2. The van der Waals surface area contributed by atoms with Crippen molar-refractivity contribution < 1.29 is 14.7 Å². The second kappa shape index (κ2) is 6.68. The summed E-state index contributed by atoms with van der Waals surface area (Å²) < 4.78 is 0. The van der Waals surface area contributed by atoms with Gasteiger partial charge in [0.2, 0.25) is 5.91 Å². The zero-order chi connectivity index (χ0) is 18.3. The molecule has 0 aliphatic heterocycles. The zero-order valence-corrected chi connectivity index (χ0v) is 15.2. The van der Waals surface area contributed by atoms with Gasteiger partial charge in [0.15, 0.2) is 0 Å². The topological polar surface area (TPSA) is 79.3 Å². The number of carbonyl (C=O) groups is 2. The molecule has 1 aromatic carbocycles. The van der Waals surface area contributed by atoms with Crippen LogP contribution in [0.25, 0.3) is 10.6 Å². The fourth-order valence-corrected chi connectivity index (χ4v) is 5.11. The van der Waals surface area contributed by atoms with Crippen LogP contribution in [-0.2, 0) is 16.1 Å². The van der Waals surface area contributed by atoms with Gasteiger partial charge in [-0.3, -0.25) is 9.59 Å². The van der Waals surface area contributed by atoms with E-state index >= 15 is 0 Å². The minimum Gasteiger partial charge on any atom is -0.481 e. The fourth-order valence-electron chi connectivity index (χ4n) is 4.10. The van der Waals surface area contributed by atoms with Gasteiger partial charge in [-0.05, 0) is 25.2 Å². The minimum atomic E-state index is -0.873. The summed E-state index contributed by atoms with van der Waals surface area (Å²) in [5.74, 6) is -2.07. The van der Waals surface area contributed by atoms with Gasteiger partial charge in [-0.1, -0.05) is 42.5 Å². The summed E-state index contributed by atoms with van der Waals surface area (Å²) >= 11 is 1.56. The molecule has 0 radical (unpaired) electrons. The maximum atomic E-state index is 12.7. The molecule has 2 aliphatic rings. The van der Waals surface area contributed by atoms with Gasteiger partial charge in [0.1, 0.15) is 5.01 Å². The Kier molecular flexibility index (Phi) is 4.36. The highest BCUT2D eigenvalue weighted by Gasteiger charge is 2.51. The van der Waals surface area contributed by atoms with Gasteiger partial charge < -0.3 is 10.4 Å². The van der Waals surface area contributed by atoms with Crippen LogP contribution < -0.4 is 5.32 Å². The Morgan fingerprint density at radius 1 is 1.19 bits per heavy atom. The molecule has 0 spiro atoms. The third-order valence-corrected chi connectivity index (χ3v) is 6.59. The molecular formula is C20H20N2O3S. The highest BCUT2D eigenvalue weighted by Crippen LogP contribution is 2.48. The molecule has 2 aromatic rings. The molecule has 2 bridgehead atoms. The molecule has 2 aliphatic carbocycles. The fraction of sp³-hybridized carbons (Fsp3) is 0.350. The van der Waals surface area contributed by atoms with Gasteiger partial charge in [-0.2, -0.15) is 0 Å². The Balaban J connectivity index is 1.46. The van der Waals surface area contributed by atoms with Crippen molar-refractivity contribution in [2.24, 2.45) is 23.7 Å². The number of thiazole rings is 1. The third-order valence-electron chi connectivity index (χ3n) is 5.38. The van der Waals surface area contributed by atoms with E-state index in [1.807, 2.05) is 49.4 Å². The second-order valence-electron chi connectivity index (χ2n) is 6.95. The summed E-state index contributed by atoms with van der Waals surface area (Å²) in [7, 11) is 0. The third kappa shape index (κ3) is 2.94. The number of carboxylic acids is 1. The lowest BCUT2D eigenvalue weighted by Gasteiger charge is -2.23. The quantitative estimate of drug-likeness (QED) is 0.794. The first-order chi connectivity index (χ1) is 12.5. The molecule has 4 rings (SSSR count). The molecule has 1 saturated carbocycles. The lowest BCUT2D eigenvalue weighted by Crippen LogP contribution is -2.39. The van der Waals surface area contributed by atoms with Crippen molar-refractivity contribution >= 4 is 23.2 Å². The molecule has 5 nitrogen and oxygen atoms in total. The summed E-state index contributed by atoms with van der Waals surface area (Å²) in [6, 6.07) is 9.94. The summed E-state index contributed by atoms with van der Waals surface area (Å²) in [6.07, 6.45) is 4.72. The summed E-state index contributed by atoms with van der Waals surface area (Å²) in [4.78, 5) is 29.9. The van der Waals surface area contributed by atoms with Crippen LogP contribution >= 0.6 is 11.3 Å². The number of aromatic nitrogens is 1. The van der Waals surface area contributed by atoms with E-state index in [9.17, 15) is 14.7 Å². The molecule has 2 N–H and O–H groups in total. The smallest absolute Gasteiger partial charge is 0.307 e. The van der Waals surface area contributed by atoms with Gasteiger partial charge in [-0.25, -0.2) is 4.98 Å². The molecule has 1 heterocycles. The maximum Gasteiger partial charge on any atom is 0.307 e. The van der Waals surface area contributed by atoms with Crippen LogP contribution in [0.15, 0.2) is 42.5 Å². The van der Waals surface area contributed by atoms with Crippen LogP contribution in [-0.4, -0.2) is 22.0 Å². The van der Waals surface area contributed by atoms with Crippen molar-refractivity contribution in [3.8, 4) is 10.6 Å². The van der Waals surface area contributed by atoms with Crippen molar-refractivity contribution in [1.82, 2.24) is 10.3 Å². The van der Waals surface area contributed by atoms with Crippen LogP contribution in [0.4, 0.5) is 0 Å². The molecule has 26 heavy (non-hydrogen) atoms. The Hall–Kier alpha value is -2.47. The molecule has 1 aromatic heterocycles. The predicted molar refractivity (Wildman–Crippen MR) is 99.5 cm³/mol. The highest BCUT2D eigenvalue weighted by atomic mass is 32.1. The predicted octanol–water partition coefficient (Wildman–Crippen LogP) is 3.26. The van der Waals surface area contributed by atoms with Crippen LogP contribution in [0, 0.1) is 30.6 Å². The average molecular weight is 368 g/mol. The standard InChI is InChI=1S/C20H20N2O3S/c1-11-15(26-19(22-11)12-5-3-2-4-6-12)10-21-18(23)16-13-7-8-14(9-13)17(16)20(24)25/h2-8,13-14,16-17H,9-10H2,1H3,(H,21,23)(H,24,25). The van der Waals surface area contributed by atoms with Crippen LogP contribution in [0.2, 0.25) is 0 Å². The van der Waals surface area contributed by atoms with E-state index in [-0.39, 0.29) is 17.7 Å². The van der Waals surface area contributed by atoms with E-state index < -0.39 is 17.8 Å². The largest absolute Gasteiger partial charge is 0.481 e. The monoisotopic (exact) mass is 368 g/mol. The molecule has 134 valence electrons. The van der Waals surface area contributed by atoms with Crippen LogP contribution in [0.5, 0.6) is 0 Å². The van der Waals surface area contributed by atoms with E-state index in [2.05, 4.69) is 10.3 Å². The van der Waals surface area contributed by atoms with Crippen molar-refractivity contribution in [2.75, 3.05) is 0 Å². The second-order valence-corrected chi connectivity index (χ2v) is 8.03. The number of aliphatic carboxylic acids is 1. The minimum absolute atomic E-state index is 0.0110. The highest BCUT2D eigenvalue weighted by molar-refractivity contribution is 7.15. The summed E-state index contributed by atoms with van der Waals surface area (Å²) in [5, 5.41) is 13.4. The van der Waals surface area contributed by atoms with Gasteiger partial charge in [-0.15, -0.1) is 11.3 Å².